The van der Waals surface area contributed by atoms with Crippen molar-refractivity contribution in [3.8, 4) is 0 Å². The molecule has 0 aliphatic rings. The molecule has 1 aromatic heterocycles. The molecule has 0 saturated heterocycles. The standard InChI is InChI=1S/C18H19BrN2/c1-2-3-8-18-20-16-6-4-5-7-17(16)21(18)13-14-9-11-15(19)12-10-14/h4-7,9-12H,2-3,8,13H2,1H3. The molecular formula is C18H19BrN2. The molecule has 0 saturated carbocycles. The molecule has 0 bridgehead atoms. The molecule has 0 N–H and O–H groups in total. The Hall–Kier alpha value is -1.61. The van der Waals surface area contributed by atoms with Crippen LogP contribution in [0.4, 0.5) is 0 Å². The topological polar surface area (TPSA) is 17.8 Å². The van der Waals surface area contributed by atoms with Gasteiger partial charge in [0.1, 0.15) is 5.82 Å². The number of imidazole rings is 1. The molecule has 0 aliphatic heterocycles. The molecule has 21 heavy (non-hydrogen) atoms. The van der Waals surface area contributed by atoms with E-state index in [0.717, 1.165) is 23.0 Å². The Morgan fingerprint density at radius 1 is 1.05 bits per heavy atom. The summed E-state index contributed by atoms with van der Waals surface area (Å²) in [4.78, 5) is 4.82. The molecule has 0 atom stereocenters. The highest BCUT2D eigenvalue weighted by Crippen LogP contribution is 2.20. The van der Waals surface area contributed by atoms with Crippen LogP contribution in [-0.4, -0.2) is 9.55 Å². The second-order valence-electron chi connectivity index (χ2n) is 5.33. The molecule has 0 aliphatic carbocycles. The Bertz CT molecular complexity index is 729. The number of hydrogen-bond donors (Lipinski definition) is 0. The number of para-hydroxylation sites is 2. The maximum Gasteiger partial charge on any atom is 0.110 e. The average Bonchev–Trinajstić information content (AvgIpc) is 2.85. The second-order valence-corrected chi connectivity index (χ2v) is 6.25. The predicted molar refractivity (Wildman–Crippen MR) is 91.6 cm³/mol. The van der Waals surface area contributed by atoms with Crippen molar-refractivity contribution in [2.75, 3.05) is 0 Å². The first-order chi connectivity index (χ1) is 10.3. The number of fused-ring (bicyclic) bond motifs is 1. The quantitative estimate of drug-likeness (QED) is 0.623. The largest absolute Gasteiger partial charge is 0.323 e. The Morgan fingerprint density at radius 3 is 2.57 bits per heavy atom. The van der Waals surface area contributed by atoms with Gasteiger partial charge in [-0.15, -0.1) is 0 Å². The van der Waals surface area contributed by atoms with Gasteiger partial charge in [0.15, 0.2) is 0 Å². The number of benzene rings is 2. The number of rotatable bonds is 5. The molecule has 3 heteroatoms. The third-order valence-corrected chi connectivity index (χ3v) is 4.27. The summed E-state index contributed by atoms with van der Waals surface area (Å²) in [5, 5.41) is 0. The van der Waals surface area contributed by atoms with Crippen molar-refractivity contribution in [1.29, 1.82) is 0 Å². The smallest absolute Gasteiger partial charge is 0.110 e. The van der Waals surface area contributed by atoms with Crippen LogP contribution in [0.1, 0.15) is 31.2 Å². The molecule has 2 aromatic carbocycles. The third kappa shape index (κ3) is 3.18. The highest BCUT2D eigenvalue weighted by Gasteiger charge is 2.10. The van der Waals surface area contributed by atoms with E-state index < -0.39 is 0 Å². The number of aryl methyl sites for hydroxylation is 1. The summed E-state index contributed by atoms with van der Waals surface area (Å²) < 4.78 is 3.47. The zero-order chi connectivity index (χ0) is 14.7. The SMILES string of the molecule is CCCCc1nc2ccccc2n1Cc1ccc(Br)cc1. The predicted octanol–water partition coefficient (Wildman–Crippen LogP) is 5.19. The van der Waals surface area contributed by atoms with E-state index in [9.17, 15) is 0 Å². The monoisotopic (exact) mass is 342 g/mol. The highest BCUT2D eigenvalue weighted by atomic mass is 79.9. The lowest BCUT2D eigenvalue weighted by atomic mass is 10.2. The van der Waals surface area contributed by atoms with Crippen molar-refractivity contribution < 1.29 is 0 Å². The van der Waals surface area contributed by atoms with E-state index in [1.807, 2.05) is 0 Å². The number of nitrogens with zero attached hydrogens (tertiary/aromatic N) is 2. The minimum atomic E-state index is 0.882. The molecule has 0 fully saturated rings. The van der Waals surface area contributed by atoms with Gasteiger partial charge in [-0.1, -0.05) is 53.5 Å². The lowest BCUT2D eigenvalue weighted by Crippen LogP contribution is -2.05. The summed E-state index contributed by atoms with van der Waals surface area (Å²) in [6.45, 7) is 3.11. The van der Waals surface area contributed by atoms with Crippen LogP contribution in [-0.2, 0) is 13.0 Å². The van der Waals surface area contributed by atoms with E-state index >= 15 is 0 Å². The summed E-state index contributed by atoms with van der Waals surface area (Å²) in [7, 11) is 0. The summed E-state index contributed by atoms with van der Waals surface area (Å²) in [5.41, 5.74) is 3.63. The van der Waals surface area contributed by atoms with Gasteiger partial charge >= 0.3 is 0 Å². The van der Waals surface area contributed by atoms with Crippen LogP contribution in [0.3, 0.4) is 0 Å². The van der Waals surface area contributed by atoms with Gasteiger partial charge in [-0.2, -0.15) is 0 Å². The van der Waals surface area contributed by atoms with Crippen LogP contribution < -0.4 is 0 Å². The maximum atomic E-state index is 4.82. The van der Waals surface area contributed by atoms with Crippen LogP contribution in [0, 0.1) is 0 Å². The zero-order valence-electron chi connectivity index (χ0n) is 12.2. The van der Waals surface area contributed by atoms with Crippen LogP contribution >= 0.6 is 15.9 Å². The fourth-order valence-electron chi connectivity index (χ4n) is 2.60. The van der Waals surface area contributed by atoms with Crippen LogP contribution in [0.2, 0.25) is 0 Å². The van der Waals surface area contributed by atoms with Gasteiger partial charge in [-0.25, -0.2) is 4.98 Å². The second kappa shape index (κ2) is 6.44. The number of halogens is 1. The lowest BCUT2D eigenvalue weighted by molar-refractivity contribution is 0.690. The van der Waals surface area contributed by atoms with Crippen molar-refractivity contribution in [2.45, 2.75) is 32.7 Å². The van der Waals surface area contributed by atoms with Crippen molar-refractivity contribution in [2.24, 2.45) is 0 Å². The zero-order valence-corrected chi connectivity index (χ0v) is 13.8. The number of unbranched alkanes of at least 4 members (excludes halogenated alkanes) is 1. The van der Waals surface area contributed by atoms with Crippen molar-refractivity contribution in [3.63, 3.8) is 0 Å². The van der Waals surface area contributed by atoms with E-state index in [-0.39, 0.29) is 0 Å². The van der Waals surface area contributed by atoms with Gasteiger partial charge in [0.25, 0.3) is 0 Å². The Labute approximate surface area is 134 Å². The maximum absolute atomic E-state index is 4.82. The third-order valence-electron chi connectivity index (χ3n) is 3.74. The van der Waals surface area contributed by atoms with Gasteiger partial charge < -0.3 is 4.57 Å². The van der Waals surface area contributed by atoms with Gasteiger partial charge in [0.05, 0.1) is 11.0 Å². The summed E-state index contributed by atoms with van der Waals surface area (Å²) in [6.07, 6.45) is 3.42. The van der Waals surface area contributed by atoms with Gasteiger partial charge in [0.2, 0.25) is 0 Å². The van der Waals surface area contributed by atoms with Gasteiger partial charge in [0, 0.05) is 17.4 Å². The van der Waals surface area contributed by atoms with Crippen LogP contribution in [0.25, 0.3) is 11.0 Å². The molecule has 2 nitrogen and oxygen atoms in total. The van der Waals surface area contributed by atoms with Crippen LogP contribution in [0.5, 0.6) is 0 Å². The molecule has 3 aromatic rings. The molecule has 0 unspecified atom stereocenters. The molecule has 0 spiro atoms. The van der Waals surface area contributed by atoms with E-state index in [1.165, 1.54) is 29.7 Å². The average molecular weight is 343 g/mol. The molecule has 0 amide bonds. The Balaban J connectivity index is 1.99. The van der Waals surface area contributed by atoms with E-state index in [4.69, 9.17) is 4.98 Å². The van der Waals surface area contributed by atoms with Crippen molar-refractivity contribution >= 4 is 27.0 Å². The molecule has 3 rings (SSSR count). The minimum absolute atomic E-state index is 0.882. The molecule has 1 heterocycles. The van der Waals surface area contributed by atoms with Crippen LogP contribution in [0.15, 0.2) is 53.0 Å². The molecule has 0 radical (unpaired) electrons. The number of hydrogen-bond acceptors (Lipinski definition) is 1. The van der Waals surface area contributed by atoms with Crippen molar-refractivity contribution in [1.82, 2.24) is 9.55 Å². The Kier molecular flexibility index (Phi) is 4.39. The first-order valence-electron chi connectivity index (χ1n) is 7.46. The first-order valence-corrected chi connectivity index (χ1v) is 8.26. The van der Waals surface area contributed by atoms with E-state index in [2.05, 4.69) is 76.0 Å². The lowest BCUT2D eigenvalue weighted by Gasteiger charge is -2.09. The minimum Gasteiger partial charge on any atom is -0.323 e. The first kappa shape index (κ1) is 14.3. The highest BCUT2D eigenvalue weighted by molar-refractivity contribution is 9.10. The summed E-state index contributed by atoms with van der Waals surface area (Å²) >= 11 is 3.49. The fraction of sp³-hybridized carbons (Fsp3) is 0.278. The fourth-order valence-corrected chi connectivity index (χ4v) is 2.86. The van der Waals surface area contributed by atoms with E-state index in [0.29, 0.717) is 0 Å². The van der Waals surface area contributed by atoms with E-state index in [1.54, 1.807) is 0 Å². The van der Waals surface area contributed by atoms with Gasteiger partial charge in [-0.05, 0) is 36.2 Å². The Morgan fingerprint density at radius 2 is 1.81 bits per heavy atom. The summed E-state index contributed by atoms with van der Waals surface area (Å²) in [5.74, 6) is 1.20. The molecule has 108 valence electrons. The van der Waals surface area contributed by atoms with Gasteiger partial charge in [-0.3, -0.25) is 0 Å². The normalized spacial score (nSPS) is 11.1. The molecular weight excluding hydrogens is 324 g/mol. The van der Waals surface area contributed by atoms with Crippen molar-refractivity contribution in [3.05, 3.63) is 64.4 Å². The summed E-state index contributed by atoms with van der Waals surface area (Å²) in [6, 6.07) is 16.9. The number of aromatic nitrogens is 2.